The van der Waals surface area contributed by atoms with Gasteiger partial charge >= 0.3 is 5.97 Å². The number of hydrogen-bond donors (Lipinski definition) is 1. The highest BCUT2D eigenvalue weighted by molar-refractivity contribution is 6.01. The van der Waals surface area contributed by atoms with E-state index < -0.39 is 17.8 Å². The number of carbonyl (C=O) groups excluding carboxylic acids is 3. The highest BCUT2D eigenvalue weighted by atomic mass is 16.5. The lowest BCUT2D eigenvalue weighted by Crippen LogP contribution is -2.28. The molecule has 1 N–H and O–H groups in total. The third-order valence-electron chi connectivity index (χ3n) is 5.70. The molecule has 1 aliphatic heterocycles. The van der Waals surface area contributed by atoms with Gasteiger partial charge in [0.15, 0.2) is 6.61 Å². The molecule has 3 aromatic rings. The van der Waals surface area contributed by atoms with Crippen molar-refractivity contribution in [1.82, 2.24) is 0 Å². The van der Waals surface area contributed by atoms with E-state index in [4.69, 9.17) is 4.74 Å². The van der Waals surface area contributed by atoms with Gasteiger partial charge in [0, 0.05) is 24.3 Å². The first kappa shape index (κ1) is 20.6. The van der Waals surface area contributed by atoms with Crippen molar-refractivity contribution < 1.29 is 19.1 Å². The third-order valence-corrected chi connectivity index (χ3v) is 5.70. The van der Waals surface area contributed by atoms with Crippen LogP contribution in [0.1, 0.15) is 17.5 Å². The number of anilines is 2. The lowest BCUT2D eigenvalue weighted by atomic mass is 10.1. The molecule has 2 amide bonds. The smallest absolute Gasteiger partial charge is 0.311 e. The van der Waals surface area contributed by atoms with Gasteiger partial charge in [0.25, 0.3) is 5.91 Å². The molecule has 158 valence electrons. The molecule has 3 aromatic carbocycles. The summed E-state index contributed by atoms with van der Waals surface area (Å²) in [6, 6.07) is 19.2. The Morgan fingerprint density at radius 3 is 2.61 bits per heavy atom. The van der Waals surface area contributed by atoms with E-state index in [2.05, 4.69) is 5.32 Å². The first-order chi connectivity index (χ1) is 14.9. The summed E-state index contributed by atoms with van der Waals surface area (Å²) in [6.07, 6.45) is 0.0819. The van der Waals surface area contributed by atoms with Crippen LogP contribution in [-0.4, -0.2) is 30.9 Å². The van der Waals surface area contributed by atoms with Crippen LogP contribution in [-0.2, 0) is 19.1 Å². The average molecular weight is 416 g/mol. The maximum Gasteiger partial charge on any atom is 0.311 e. The SMILES string of the molecule is Cc1cccc(N2C[C@@H](C(=O)OCC(=O)Nc3ccc4ccccc4c3)CC2=O)c1C. The Morgan fingerprint density at radius 1 is 1.03 bits per heavy atom. The second-order valence-electron chi connectivity index (χ2n) is 7.84. The Balaban J connectivity index is 1.33. The van der Waals surface area contributed by atoms with Crippen LogP contribution in [0.5, 0.6) is 0 Å². The molecule has 6 nitrogen and oxygen atoms in total. The molecule has 31 heavy (non-hydrogen) atoms. The van der Waals surface area contributed by atoms with Gasteiger partial charge in [0.1, 0.15) is 0 Å². The fourth-order valence-corrected chi connectivity index (χ4v) is 3.84. The summed E-state index contributed by atoms with van der Waals surface area (Å²) in [6.45, 7) is 3.81. The van der Waals surface area contributed by atoms with E-state index in [1.165, 1.54) is 0 Å². The summed E-state index contributed by atoms with van der Waals surface area (Å²) in [5.41, 5.74) is 3.55. The van der Waals surface area contributed by atoms with Crippen molar-refractivity contribution in [2.24, 2.45) is 5.92 Å². The number of fused-ring (bicyclic) bond motifs is 1. The Hall–Kier alpha value is -3.67. The van der Waals surface area contributed by atoms with Crippen molar-refractivity contribution in [3.63, 3.8) is 0 Å². The standard InChI is InChI=1S/C25H24N2O4/c1-16-6-5-9-22(17(16)2)27-14-20(13-24(27)29)25(30)31-15-23(28)26-21-11-10-18-7-3-4-8-19(18)12-21/h3-12,20H,13-15H2,1-2H3,(H,26,28)/t20-/m0/s1. The third kappa shape index (κ3) is 4.43. The zero-order chi connectivity index (χ0) is 22.0. The average Bonchev–Trinajstić information content (AvgIpc) is 3.15. The fourth-order valence-electron chi connectivity index (χ4n) is 3.84. The van der Waals surface area contributed by atoms with Gasteiger partial charge in [-0.3, -0.25) is 14.4 Å². The first-order valence-electron chi connectivity index (χ1n) is 10.2. The number of hydrogen-bond acceptors (Lipinski definition) is 4. The van der Waals surface area contributed by atoms with Crippen molar-refractivity contribution >= 4 is 39.9 Å². The zero-order valence-corrected chi connectivity index (χ0v) is 17.6. The molecule has 6 heteroatoms. The molecule has 0 aliphatic carbocycles. The van der Waals surface area contributed by atoms with Crippen molar-refractivity contribution in [3.8, 4) is 0 Å². The van der Waals surface area contributed by atoms with Crippen LogP contribution in [0.4, 0.5) is 11.4 Å². The molecular weight excluding hydrogens is 392 g/mol. The fraction of sp³-hybridized carbons (Fsp3) is 0.240. The molecule has 0 unspecified atom stereocenters. The van der Waals surface area contributed by atoms with E-state index in [9.17, 15) is 14.4 Å². The summed E-state index contributed by atoms with van der Waals surface area (Å²) in [4.78, 5) is 38.8. The maximum absolute atomic E-state index is 12.5. The van der Waals surface area contributed by atoms with Crippen molar-refractivity contribution in [1.29, 1.82) is 0 Å². The van der Waals surface area contributed by atoms with E-state index in [1.807, 2.05) is 68.4 Å². The van der Waals surface area contributed by atoms with Gasteiger partial charge in [-0.2, -0.15) is 0 Å². The van der Waals surface area contributed by atoms with E-state index >= 15 is 0 Å². The minimum atomic E-state index is -0.583. The number of benzene rings is 3. The van der Waals surface area contributed by atoms with E-state index in [0.717, 1.165) is 27.6 Å². The highest BCUT2D eigenvalue weighted by Gasteiger charge is 2.37. The summed E-state index contributed by atoms with van der Waals surface area (Å²) < 4.78 is 5.20. The monoisotopic (exact) mass is 416 g/mol. The Labute approximate surface area is 180 Å². The van der Waals surface area contributed by atoms with Gasteiger partial charge in [-0.1, -0.05) is 42.5 Å². The Kier molecular flexibility index (Phi) is 5.71. The molecule has 1 atom stereocenters. The molecule has 0 saturated carbocycles. The number of carbonyl (C=O) groups is 3. The number of ether oxygens (including phenoxy) is 1. The molecular formula is C25H24N2O4. The zero-order valence-electron chi connectivity index (χ0n) is 17.6. The van der Waals surface area contributed by atoms with Gasteiger partial charge in [-0.05, 0) is 53.9 Å². The van der Waals surface area contributed by atoms with Crippen LogP contribution in [0.15, 0.2) is 60.7 Å². The van der Waals surface area contributed by atoms with E-state index in [1.54, 1.807) is 11.0 Å². The van der Waals surface area contributed by atoms with Crippen LogP contribution >= 0.6 is 0 Å². The highest BCUT2D eigenvalue weighted by Crippen LogP contribution is 2.30. The predicted octanol–water partition coefficient (Wildman–Crippen LogP) is 3.99. The van der Waals surface area contributed by atoms with Crippen molar-refractivity contribution in [2.45, 2.75) is 20.3 Å². The number of rotatable bonds is 5. The molecule has 0 aromatic heterocycles. The molecule has 1 saturated heterocycles. The van der Waals surface area contributed by atoms with Gasteiger partial charge in [0.05, 0.1) is 5.92 Å². The molecule has 4 rings (SSSR count). The molecule has 1 heterocycles. The molecule has 0 bridgehead atoms. The summed E-state index contributed by atoms with van der Waals surface area (Å²) in [5.74, 6) is -1.65. The van der Waals surface area contributed by atoms with Crippen LogP contribution < -0.4 is 10.2 Å². The summed E-state index contributed by atoms with van der Waals surface area (Å²) >= 11 is 0. The predicted molar refractivity (Wildman–Crippen MR) is 120 cm³/mol. The quantitative estimate of drug-likeness (QED) is 0.638. The number of nitrogens with one attached hydrogen (secondary N) is 1. The van der Waals surface area contributed by atoms with Crippen molar-refractivity contribution in [2.75, 3.05) is 23.4 Å². The topological polar surface area (TPSA) is 75.7 Å². The summed E-state index contributed by atoms with van der Waals surface area (Å²) in [7, 11) is 0. The van der Waals surface area contributed by atoms with Crippen LogP contribution in [0.2, 0.25) is 0 Å². The number of amides is 2. The minimum absolute atomic E-state index is 0.0819. The maximum atomic E-state index is 12.5. The molecule has 1 aliphatic rings. The largest absolute Gasteiger partial charge is 0.455 e. The molecule has 0 radical (unpaired) electrons. The van der Waals surface area contributed by atoms with E-state index in [0.29, 0.717) is 5.69 Å². The van der Waals surface area contributed by atoms with Gasteiger partial charge in [-0.25, -0.2) is 0 Å². The van der Waals surface area contributed by atoms with Gasteiger partial charge < -0.3 is 15.0 Å². The number of aryl methyl sites for hydroxylation is 1. The Bertz CT molecular complexity index is 1170. The second kappa shape index (κ2) is 8.60. The normalized spacial score (nSPS) is 15.9. The minimum Gasteiger partial charge on any atom is -0.455 e. The van der Waals surface area contributed by atoms with Crippen LogP contribution in [0.3, 0.4) is 0 Å². The van der Waals surface area contributed by atoms with Gasteiger partial charge in [0.2, 0.25) is 5.91 Å². The second-order valence-corrected chi connectivity index (χ2v) is 7.84. The number of nitrogens with zero attached hydrogens (tertiary/aromatic N) is 1. The Morgan fingerprint density at radius 2 is 1.81 bits per heavy atom. The van der Waals surface area contributed by atoms with E-state index in [-0.39, 0.29) is 25.5 Å². The first-order valence-corrected chi connectivity index (χ1v) is 10.2. The van der Waals surface area contributed by atoms with Crippen LogP contribution in [0, 0.1) is 19.8 Å². The molecule has 1 fully saturated rings. The molecule has 0 spiro atoms. The van der Waals surface area contributed by atoms with Gasteiger partial charge in [-0.15, -0.1) is 0 Å². The lowest BCUT2D eigenvalue weighted by molar-refractivity contribution is -0.151. The van der Waals surface area contributed by atoms with Crippen molar-refractivity contribution in [3.05, 3.63) is 71.8 Å². The van der Waals surface area contributed by atoms with Crippen LogP contribution in [0.25, 0.3) is 10.8 Å². The lowest BCUT2D eigenvalue weighted by Gasteiger charge is -2.20. The number of esters is 1. The summed E-state index contributed by atoms with van der Waals surface area (Å²) in [5, 5.41) is 4.83.